The highest BCUT2D eigenvalue weighted by Crippen LogP contribution is 2.31. The molecule has 2 heterocycles. The van der Waals surface area contributed by atoms with Gasteiger partial charge >= 0.3 is 12.0 Å². The van der Waals surface area contributed by atoms with Crippen molar-refractivity contribution in [1.29, 1.82) is 0 Å². The number of halogens is 1. The summed E-state index contributed by atoms with van der Waals surface area (Å²) in [6.45, 7) is 2.80. The summed E-state index contributed by atoms with van der Waals surface area (Å²) in [7, 11) is 0. The van der Waals surface area contributed by atoms with Crippen molar-refractivity contribution >= 4 is 46.7 Å². The van der Waals surface area contributed by atoms with Gasteiger partial charge in [0.1, 0.15) is 0 Å². The molecule has 0 unspecified atom stereocenters. The molecule has 6 nitrogen and oxygen atoms in total. The van der Waals surface area contributed by atoms with Gasteiger partial charge in [-0.05, 0) is 31.0 Å². The van der Waals surface area contributed by atoms with Crippen LogP contribution in [0.2, 0.25) is 5.02 Å². The van der Waals surface area contributed by atoms with Gasteiger partial charge in [0.2, 0.25) is 0 Å². The van der Waals surface area contributed by atoms with E-state index in [1.165, 1.54) is 0 Å². The molecule has 25 heavy (non-hydrogen) atoms. The minimum absolute atomic E-state index is 0.196. The average Bonchev–Trinajstić information content (AvgIpc) is 2.62. The first-order valence-corrected chi connectivity index (χ1v) is 9.99. The fourth-order valence-electron chi connectivity index (χ4n) is 3.21. The van der Waals surface area contributed by atoms with E-state index in [2.05, 4.69) is 10.2 Å². The lowest BCUT2D eigenvalue weighted by molar-refractivity contribution is -0.143. The third-order valence-corrected chi connectivity index (χ3v) is 5.86. The molecule has 1 aromatic rings. The van der Waals surface area contributed by atoms with Crippen LogP contribution in [-0.4, -0.2) is 59.7 Å². The zero-order valence-corrected chi connectivity index (χ0v) is 15.5. The smallest absolute Gasteiger partial charge is 0.321 e. The first-order chi connectivity index (χ1) is 12.0. The minimum Gasteiger partial charge on any atom is -0.481 e. The lowest BCUT2D eigenvalue weighted by Gasteiger charge is -2.32. The standard InChI is InChI=1S/C17H22ClN3O3S/c18-13-1-2-15(20-7-9-25-10-8-20)14(11-13)19-17(24)21-5-3-12(4-6-21)16(22)23/h1-2,11-12H,3-10H2,(H,19,24)(H,22,23). The van der Waals surface area contributed by atoms with Crippen LogP contribution in [-0.2, 0) is 4.79 Å². The molecule has 0 spiro atoms. The van der Waals surface area contributed by atoms with Gasteiger partial charge in [-0.1, -0.05) is 11.6 Å². The van der Waals surface area contributed by atoms with Crippen molar-refractivity contribution < 1.29 is 14.7 Å². The van der Waals surface area contributed by atoms with Gasteiger partial charge in [0.05, 0.1) is 17.3 Å². The van der Waals surface area contributed by atoms with Gasteiger partial charge in [-0.3, -0.25) is 4.79 Å². The number of rotatable bonds is 3. The van der Waals surface area contributed by atoms with E-state index in [1.807, 2.05) is 23.9 Å². The molecule has 2 saturated heterocycles. The van der Waals surface area contributed by atoms with Crippen LogP contribution in [0.25, 0.3) is 0 Å². The van der Waals surface area contributed by atoms with Gasteiger partial charge < -0.3 is 20.2 Å². The molecule has 3 rings (SSSR count). The Kier molecular flexibility index (Phi) is 5.96. The molecule has 2 fully saturated rings. The number of carbonyl (C=O) groups is 2. The quantitative estimate of drug-likeness (QED) is 0.838. The van der Waals surface area contributed by atoms with Gasteiger partial charge in [0.15, 0.2) is 0 Å². The summed E-state index contributed by atoms with van der Waals surface area (Å²) in [5, 5.41) is 12.6. The topological polar surface area (TPSA) is 72.9 Å². The Hall–Kier alpha value is -1.60. The van der Waals surface area contributed by atoms with Crippen LogP contribution < -0.4 is 10.2 Å². The number of carbonyl (C=O) groups excluding carboxylic acids is 1. The highest BCUT2D eigenvalue weighted by atomic mass is 35.5. The minimum atomic E-state index is -0.778. The number of carboxylic acid groups (broad SMARTS) is 1. The monoisotopic (exact) mass is 383 g/mol. The summed E-state index contributed by atoms with van der Waals surface area (Å²) < 4.78 is 0. The Labute approximate surface area is 156 Å². The molecule has 0 atom stereocenters. The zero-order valence-electron chi connectivity index (χ0n) is 13.9. The molecular formula is C17H22ClN3O3S. The van der Waals surface area contributed by atoms with Crippen molar-refractivity contribution in [3.8, 4) is 0 Å². The third kappa shape index (κ3) is 4.52. The molecule has 0 saturated carbocycles. The maximum Gasteiger partial charge on any atom is 0.321 e. The van der Waals surface area contributed by atoms with E-state index in [-0.39, 0.29) is 11.9 Å². The fraction of sp³-hybridized carbons (Fsp3) is 0.529. The number of benzene rings is 1. The SMILES string of the molecule is O=C(O)C1CCN(C(=O)Nc2cc(Cl)ccc2N2CCSCC2)CC1. The second-order valence-corrected chi connectivity index (χ2v) is 7.95. The molecule has 0 aromatic heterocycles. The number of likely N-dealkylation sites (tertiary alicyclic amines) is 1. The number of nitrogens with one attached hydrogen (secondary N) is 1. The number of urea groups is 1. The molecule has 8 heteroatoms. The Bertz CT molecular complexity index is 644. The van der Waals surface area contributed by atoms with E-state index >= 15 is 0 Å². The van der Waals surface area contributed by atoms with Gasteiger partial charge in [-0.2, -0.15) is 11.8 Å². The van der Waals surface area contributed by atoms with E-state index in [0.717, 1.165) is 30.3 Å². The molecule has 0 radical (unpaired) electrons. The molecule has 2 amide bonds. The van der Waals surface area contributed by atoms with E-state index in [0.29, 0.717) is 36.6 Å². The number of carboxylic acids is 1. The van der Waals surface area contributed by atoms with Crippen LogP contribution in [0.3, 0.4) is 0 Å². The Balaban J connectivity index is 1.68. The second kappa shape index (κ2) is 8.19. The van der Waals surface area contributed by atoms with E-state index in [4.69, 9.17) is 16.7 Å². The summed E-state index contributed by atoms with van der Waals surface area (Å²) in [6.07, 6.45) is 0.989. The van der Waals surface area contributed by atoms with Crippen molar-refractivity contribution in [2.45, 2.75) is 12.8 Å². The number of amides is 2. The maximum absolute atomic E-state index is 12.6. The summed E-state index contributed by atoms with van der Waals surface area (Å²) >= 11 is 8.06. The molecule has 0 aliphatic carbocycles. The molecule has 1 aromatic carbocycles. The molecule has 0 bridgehead atoms. The highest BCUT2D eigenvalue weighted by Gasteiger charge is 2.27. The predicted molar refractivity (Wildman–Crippen MR) is 102 cm³/mol. The maximum atomic E-state index is 12.6. The molecule has 2 N–H and O–H groups in total. The number of piperidine rings is 1. The molecule has 2 aliphatic heterocycles. The first-order valence-electron chi connectivity index (χ1n) is 8.45. The van der Waals surface area contributed by atoms with Crippen molar-refractivity contribution in [2.24, 2.45) is 5.92 Å². The Morgan fingerprint density at radius 2 is 1.84 bits per heavy atom. The van der Waals surface area contributed by atoms with Crippen molar-refractivity contribution in [3.05, 3.63) is 23.2 Å². The number of aliphatic carboxylic acids is 1. The average molecular weight is 384 g/mol. The van der Waals surface area contributed by atoms with Crippen LogP contribution >= 0.6 is 23.4 Å². The molecular weight excluding hydrogens is 362 g/mol. The third-order valence-electron chi connectivity index (χ3n) is 4.68. The van der Waals surface area contributed by atoms with E-state index in [1.54, 1.807) is 11.0 Å². The van der Waals surface area contributed by atoms with Crippen molar-refractivity contribution in [3.63, 3.8) is 0 Å². The van der Waals surface area contributed by atoms with Gasteiger partial charge in [0, 0.05) is 42.7 Å². The fourth-order valence-corrected chi connectivity index (χ4v) is 4.29. The number of hydrogen-bond acceptors (Lipinski definition) is 4. The Morgan fingerprint density at radius 3 is 2.48 bits per heavy atom. The van der Waals surface area contributed by atoms with Crippen LogP contribution in [0.15, 0.2) is 18.2 Å². The van der Waals surface area contributed by atoms with Crippen LogP contribution in [0.5, 0.6) is 0 Å². The second-order valence-electron chi connectivity index (χ2n) is 6.29. The number of anilines is 2. The van der Waals surface area contributed by atoms with E-state index in [9.17, 15) is 9.59 Å². The van der Waals surface area contributed by atoms with Crippen molar-refractivity contribution in [1.82, 2.24) is 4.90 Å². The number of thioether (sulfide) groups is 1. The van der Waals surface area contributed by atoms with Crippen molar-refractivity contribution in [2.75, 3.05) is 47.9 Å². The van der Waals surface area contributed by atoms with E-state index < -0.39 is 5.97 Å². The summed E-state index contributed by atoms with van der Waals surface area (Å²) in [5.74, 6) is 1.01. The zero-order chi connectivity index (χ0) is 17.8. The van der Waals surface area contributed by atoms with Crippen LogP contribution in [0, 0.1) is 5.92 Å². The number of nitrogens with zero attached hydrogens (tertiary/aromatic N) is 2. The first kappa shape index (κ1) is 18.2. The molecule has 136 valence electrons. The normalized spacial score (nSPS) is 18.9. The van der Waals surface area contributed by atoms with Crippen LogP contribution in [0.1, 0.15) is 12.8 Å². The van der Waals surface area contributed by atoms with Crippen LogP contribution in [0.4, 0.5) is 16.2 Å². The van der Waals surface area contributed by atoms with Gasteiger partial charge in [-0.15, -0.1) is 0 Å². The summed E-state index contributed by atoms with van der Waals surface area (Å²) in [4.78, 5) is 27.6. The summed E-state index contributed by atoms with van der Waals surface area (Å²) in [6, 6.07) is 5.37. The van der Waals surface area contributed by atoms with Gasteiger partial charge in [-0.25, -0.2) is 4.79 Å². The highest BCUT2D eigenvalue weighted by molar-refractivity contribution is 7.99. The lowest BCUT2D eigenvalue weighted by Crippen LogP contribution is -2.42. The molecule has 2 aliphatic rings. The largest absolute Gasteiger partial charge is 0.481 e. The summed E-state index contributed by atoms with van der Waals surface area (Å²) in [5.41, 5.74) is 1.70. The van der Waals surface area contributed by atoms with Gasteiger partial charge in [0.25, 0.3) is 0 Å². The predicted octanol–water partition coefficient (Wildman–Crippen LogP) is 3.22. The lowest BCUT2D eigenvalue weighted by atomic mass is 9.97. The number of hydrogen-bond donors (Lipinski definition) is 2. The Morgan fingerprint density at radius 1 is 1.16 bits per heavy atom.